The van der Waals surface area contributed by atoms with Gasteiger partial charge >= 0.3 is 0 Å². The van der Waals surface area contributed by atoms with Gasteiger partial charge in [-0.1, -0.05) is 24.3 Å². The average Bonchev–Trinajstić information content (AvgIpc) is 2.47. The molecular formula is C17H13NO2. The van der Waals surface area contributed by atoms with Crippen LogP contribution in [0.4, 0.5) is 5.69 Å². The lowest BCUT2D eigenvalue weighted by Gasteiger charge is -2.05. The second kappa shape index (κ2) is 5.05. The highest BCUT2D eigenvalue weighted by Crippen LogP contribution is 2.28. The van der Waals surface area contributed by atoms with E-state index in [1.807, 2.05) is 30.3 Å². The summed E-state index contributed by atoms with van der Waals surface area (Å²) in [5, 5.41) is 21.2. The van der Waals surface area contributed by atoms with Gasteiger partial charge in [-0.05, 0) is 47.2 Å². The van der Waals surface area contributed by atoms with E-state index in [1.54, 1.807) is 36.5 Å². The number of phenols is 2. The molecular weight excluding hydrogens is 250 g/mol. The number of aromatic hydroxyl groups is 2. The Morgan fingerprint density at radius 3 is 2.45 bits per heavy atom. The van der Waals surface area contributed by atoms with Gasteiger partial charge in [0.2, 0.25) is 0 Å². The summed E-state index contributed by atoms with van der Waals surface area (Å²) >= 11 is 0. The SMILES string of the molecule is Oc1ccc2c(C=Nc3ccccc3)c(O)ccc2c1. The second-order valence-corrected chi connectivity index (χ2v) is 4.50. The minimum atomic E-state index is 0.169. The number of rotatable bonds is 2. The number of para-hydroxylation sites is 1. The van der Waals surface area contributed by atoms with Gasteiger partial charge in [-0.15, -0.1) is 0 Å². The van der Waals surface area contributed by atoms with Crippen LogP contribution in [0.5, 0.6) is 11.5 Å². The summed E-state index contributed by atoms with van der Waals surface area (Å²) < 4.78 is 0. The van der Waals surface area contributed by atoms with Gasteiger partial charge in [-0.2, -0.15) is 0 Å². The zero-order valence-electron chi connectivity index (χ0n) is 10.7. The van der Waals surface area contributed by atoms with Gasteiger partial charge in [0.25, 0.3) is 0 Å². The number of fused-ring (bicyclic) bond motifs is 1. The molecule has 3 rings (SSSR count). The smallest absolute Gasteiger partial charge is 0.124 e. The van der Waals surface area contributed by atoms with Gasteiger partial charge < -0.3 is 10.2 Å². The molecule has 98 valence electrons. The van der Waals surface area contributed by atoms with E-state index in [0.29, 0.717) is 5.56 Å². The molecule has 0 heterocycles. The first-order valence-corrected chi connectivity index (χ1v) is 6.28. The first-order valence-electron chi connectivity index (χ1n) is 6.28. The van der Waals surface area contributed by atoms with Crippen LogP contribution in [-0.4, -0.2) is 16.4 Å². The molecule has 0 aromatic heterocycles. The van der Waals surface area contributed by atoms with Crippen molar-refractivity contribution >= 4 is 22.7 Å². The van der Waals surface area contributed by atoms with Gasteiger partial charge in [0.15, 0.2) is 0 Å². The van der Waals surface area contributed by atoms with Crippen molar-refractivity contribution in [2.24, 2.45) is 4.99 Å². The largest absolute Gasteiger partial charge is 0.508 e. The lowest BCUT2D eigenvalue weighted by atomic mass is 10.0. The maximum atomic E-state index is 10.0. The van der Waals surface area contributed by atoms with Crippen LogP contribution in [0.25, 0.3) is 10.8 Å². The van der Waals surface area contributed by atoms with Crippen molar-refractivity contribution < 1.29 is 10.2 Å². The lowest BCUT2D eigenvalue weighted by Crippen LogP contribution is -1.86. The molecule has 20 heavy (non-hydrogen) atoms. The number of nitrogens with zero attached hydrogens (tertiary/aromatic N) is 1. The Labute approximate surface area is 116 Å². The van der Waals surface area contributed by atoms with E-state index < -0.39 is 0 Å². The van der Waals surface area contributed by atoms with Crippen LogP contribution in [0, 0.1) is 0 Å². The maximum Gasteiger partial charge on any atom is 0.124 e. The van der Waals surface area contributed by atoms with Crippen LogP contribution in [0.3, 0.4) is 0 Å². The van der Waals surface area contributed by atoms with E-state index in [-0.39, 0.29) is 11.5 Å². The van der Waals surface area contributed by atoms with Crippen molar-refractivity contribution in [2.45, 2.75) is 0 Å². The van der Waals surface area contributed by atoms with Crippen LogP contribution < -0.4 is 0 Å². The molecule has 2 N–H and O–H groups in total. The normalized spacial score (nSPS) is 11.2. The first-order chi connectivity index (χ1) is 9.74. The van der Waals surface area contributed by atoms with E-state index in [1.165, 1.54) is 0 Å². The maximum absolute atomic E-state index is 10.0. The van der Waals surface area contributed by atoms with Crippen molar-refractivity contribution in [3.8, 4) is 11.5 Å². The third-order valence-electron chi connectivity index (χ3n) is 3.12. The Hall–Kier alpha value is -2.81. The molecule has 0 spiro atoms. The Kier molecular flexibility index (Phi) is 3.09. The molecule has 0 saturated carbocycles. The molecule has 0 unspecified atom stereocenters. The number of benzene rings is 3. The third-order valence-corrected chi connectivity index (χ3v) is 3.12. The third kappa shape index (κ3) is 2.34. The Balaban J connectivity index is 2.11. The number of hydrogen-bond acceptors (Lipinski definition) is 3. The highest BCUT2D eigenvalue weighted by Gasteiger charge is 2.05. The van der Waals surface area contributed by atoms with Crippen molar-refractivity contribution in [1.29, 1.82) is 0 Å². The van der Waals surface area contributed by atoms with E-state index in [0.717, 1.165) is 16.5 Å². The van der Waals surface area contributed by atoms with Crippen LogP contribution >= 0.6 is 0 Å². The fraction of sp³-hybridized carbons (Fsp3) is 0. The van der Waals surface area contributed by atoms with Crippen LogP contribution in [-0.2, 0) is 0 Å². The highest BCUT2D eigenvalue weighted by molar-refractivity contribution is 6.03. The van der Waals surface area contributed by atoms with Crippen LogP contribution in [0.15, 0.2) is 65.7 Å². The minimum Gasteiger partial charge on any atom is -0.508 e. The lowest BCUT2D eigenvalue weighted by molar-refractivity contribution is 0.473. The number of aliphatic imine (C=N–C) groups is 1. The van der Waals surface area contributed by atoms with Gasteiger partial charge in [0.1, 0.15) is 11.5 Å². The monoisotopic (exact) mass is 263 g/mol. The topological polar surface area (TPSA) is 52.8 Å². The summed E-state index contributed by atoms with van der Waals surface area (Å²) in [5.74, 6) is 0.372. The van der Waals surface area contributed by atoms with Gasteiger partial charge in [0.05, 0.1) is 5.69 Å². The standard InChI is InChI=1S/C17H13NO2/c19-14-7-8-15-12(10-14)6-9-17(20)16(15)11-18-13-4-2-1-3-5-13/h1-11,19-20H. The van der Waals surface area contributed by atoms with E-state index >= 15 is 0 Å². The summed E-state index contributed by atoms with van der Waals surface area (Å²) in [4.78, 5) is 4.36. The molecule has 0 atom stereocenters. The molecule has 3 nitrogen and oxygen atoms in total. The van der Waals surface area contributed by atoms with Crippen molar-refractivity contribution in [3.63, 3.8) is 0 Å². The fourth-order valence-corrected chi connectivity index (χ4v) is 2.12. The molecule has 0 fully saturated rings. The predicted octanol–water partition coefficient (Wildman–Crippen LogP) is 4.00. The fourth-order valence-electron chi connectivity index (χ4n) is 2.12. The molecule has 0 bridgehead atoms. The molecule has 0 aliphatic rings. The van der Waals surface area contributed by atoms with Crippen LogP contribution in [0.2, 0.25) is 0 Å². The van der Waals surface area contributed by atoms with Crippen molar-refractivity contribution in [3.05, 3.63) is 66.2 Å². The molecule has 0 amide bonds. The Bertz CT molecular complexity index is 780. The molecule has 0 aliphatic heterocycles. The minimum absolute atomic E-state index is 0.169. The number of hydrogen-bond donors (Lipinski definition) is 2. The molecule has 0 aliphatic carbocycles. The van der Waals surface area contributed by atoms with E-state index in [9.17, 15) is 10.2 Å². The summed E-state index contributed by atoms with van der Waals surface area (Å²) in [6, 6.07) is 17.9. The molecule has 0 radical (unpaired) electrons. The van der Waals surface area contributed by atoms with E-state index in [4.69, 9.17) is 0 Å². The first kappa shape index (κ1) is 12.2. The van der Waals surface area contributed by atoms with Gasteiger partial charge in [-0.3, -0.25) is 4.99 Å². The highest BCUT2D eigenvalue weighted by atomic mass is 16.3. The summed E-state index contributed by atoms with van der Waals surface area (Å²) in [7, 11) is 0. The zero-order valence-corrected chi connectivity index (χ0v) is 10.7. The molecule has 0 saturated heterocycles. The van der Waals surface area contributed by atoms with Crippen LogP contribution in [0.1, 0.15) is 5.56 Å². The van der Waals surface area contributed by atoms with Crippen molar-refractivity contribution in [2.75, 3.05) is 0 Å². The van der Waals surface area contributed by atoms with Gasteiger partial charge in [0, 0.05) is 11.8 Å². The summed E-state index contributed by atoms with van der Waals surface area (Å²) in [6.45, 7) is 0. The molecule has 3 aromatic carbocycles. The molecule has 3 heteroatoms. The van der Waals surface area contributed by atoms with E-state index in [2.05, 4.69) is 4.99 Å². The number of phenolic OH excluding ortho intramolecular Hbond substituents is 2. The summed E-state index contributed by atoms with van der Waals surface area (Å²) in [6.07, 6.45) is 1.64. The Morgan fingerprint density at radius 1 is 0.850 bits per heavy atom. The zero-order chi connectivity index (χ0) is 13.9. The predicted molar refractivity (Wildman–Crippen MR) is 81.0 cm³/mol. The summed E-state index contributed by atoms with van der Waals surface area (Å²) in [5.41, 5.74) is 1.47. The quantitative estimate of drug-likeness (QED) is 0.686. The Morgan fingerprint density at radius 2 is 1.65 bits per heavy atom. The molecule has 3 aromatic rings. The van der Waals surface area contributed by atoms with Gasteiger partial charge in [-0.25, -0.2) is 0 Å². The average molecular weight is 263 g/mol. The van der Waals surface area contributed by atoms with Crippen molar-refractivity contribution in [1.82, 2.24) is 0 Å². The second-order valence-electron chi connectivity index (χ2n) is 4.50.